The van der Waals surface area contributed by atoms with Gasteiger partial charge in [0.05, 0.1) is 0 Å². The van der Waals surface area contributed by atoms with Crippen molar-refractivity contribution < 1.29 is 0 Å². The molecule has 0 aliphatic rings. The maximum absolute atomic E-state index is 7.63. The molecule has 0 aromatic heterocycles. The van der Waals surface area contributed by atoms with Crippen molar-refractivity contribution in [2.24, 2.45) is 11.7 Å². The lowest BCUT2D eigenvalue weighted by molar-refractivity contribution is 0.559. The molecule has 22 heavy (non-hydrogen) atoms. The fraction of sp³-hybridized carbons (Fsp3) is 0.263. The molecule has 2 rings (SSSR count). The minimum Gasteiger partial charge on any atom is -0.399 e. The fourth-order valence-corrected chi connectivity index (χ4v) is 2.44. The lowest BCUT2D eigenvalue weighted by Crippen LogP contribution is -2.12. The van der Waals surface area contributed by atoms with Gasteiger partial charge in [-0.15, -0.1) is 0 Å². The summed E-state index contributed by atoms with van der Waals surface area (Å²) in [5.74, 6) is 0.705. The zero-order valence-corrected chi connectivity index (χ0v) is 13.3. The van der Waals surface area contributed by atoms with Crippen LogP contribution in [0.3, 0.4) is 0 Å². The summed E-state index contributed by atoms with van der Waals surface area (Å²) >= 11 is 0. The average Bonchev–Trinajstić information content (AvgIpc) is 2.48. The Bertz CT molecular complexity index is 661. The Morgan fingerprint density at radius 2 is 2.00 bits per heavy atom. The van der Waals surface area contributed by atoms with Gasteiger partial charge in [-0.25, -0.2) is 0 Å². The summed E-state index contributed by atoms with van der Waals surface area (Å²) in [7, 11) is 0. The molecule has 3 heteroatoms. The standard InChI is InChI=1S/C19H24N3/c1-3-13(2)9-17-12-16(19(21)22)8-7-15(17)10-14-5-4-6-18(20)11-14/h4-8,10-13H,3,9,20H2,1-2H3,(H3,21,22). The zero-order valence-electron chi connectivity index (χ0n) is 13.3. The number of benzene rings is 2. The van der Waals surface area contributed by atoms with Crippen LogP contribution < -0.4 is 11.5 Å². The van der Waals surface area contributed by atoms with Gasteiger partial charge in [0.25, 0.3) is 0 Å². The van der Waals surface area contributed by atoms with Gasteiger partial charge in [0.15, 0.2) is 0 Å². The van der Waals surface area contributed by atoms with Crippen molar-refractivity contribution in [2.75, 3.05) is 5.73 Å². The molecule has 0 saturated carbocycles. The summed E-state index contributed by atoms with van der Waals surface area (Å²) < 4.78 is 0. The second kappa shape index (κ2) is 7.12. The first-order chi connectivity index (χ1) is 10.5. The third-order valence-electron chi connectivity index (χ3n) is 3.95. The number of hydrogen-bond donors (Lipinski definition) is 3. The van der Waals surface area contributed by atoms with E-state index in [1.807, 2.05) is 42.5 Å². The third-order valence-corrected chi connectivity index (χ3v) is 3.95. The number of hydrogen-bond acceptors (Lipinski definition) is 2. The second-order valence-electron chi connectivity index (χ2n) is 5.86. The van der Waals surface area contributed by atoms with Gasteiger partial charge in [-0.2, -0.15) is 0 Å². The Morgan fingerprint density at radius 1 is 1.23 bits per heavy atom. The first-order valence-corrected chi connectivity index (χ1v) is 7.67. The molecule has 115 valence electrons. The van der Waals surface area contributed by atoms with Gasteiger partial charge < -0.3 is 11.5 Å². The summed E-state index contributed by atoms with van der Waals surface area (Å²) in [6.07, 6.45) is 4.24. The van der Waals surface area contributed by atoms with Crippen LogP contribution in [0, 0.1) is 17.7 Å². The zero-order chi connectivity index (χ0) is 16.1. The molecule has 0 saturated heterocycles. The van der Waals surface area contributed by atoms with E-state index >= 15 is 0 Å². The van der Waals surface area contributed by atoms with Gasteiger partial charge in [-0.05, 0) is 47.2 Å². The van der Waals surface area contributed by atoms with Crippen LogP contribution in [0.4, 0.5) is 5.69 Å². The number of nitrogens with two attached hydrogens (primary N) is 2. The maximum atomic E-state index is 7.63. The Morgan fingerprint density at radius 3 is 2.64 bits per heavy atom. The number of nitrogens with one attached hydrogen (secondary N) is 1. The molecule has 0 fully saturated rings. The molecule has 1 unspecified atom stereocenters. The van der Waals surface area contributed by atoms with E-state index in [-0.39, 0.29) is 5.84 Å². The first-order valence-electron chi connectivity index (χ1n) is 7.67. The number of anilines is 1. The van der Waals surface area contributed by atoms with Gasteiger partial charge >= 0.3 is 0 Å². The van der Waals surface area contributed by atoms with E-state index < -0.39 is 0 Å². The molecule has 0 amide bonds. The predicted octanol–water partition coefficient (Wildman–Crippen LogP) is 3.74. The summed E-state index contributed by atoms with van der Waals surface area (Å²) in [6, 6.07) is 13.8. The molecular weight excluding hydrogens is 270 g/mol. The largest absolute Gasteiger partial charge is 0.399 e. The van der Waals surface area contributed by atoms with Crippen molar-refractivity contribution in [1.82, 2.24) is 0 Å². The summed E-state index contributed by atoms with van der Waals surface area (Å²) in [6.45, 7) is 4.44. The molecule has 0 heterocycles. The SMILES string of the molecule is CCC(C)Cc1cc(C(=N)N)ccc1[CH]c1cccc(N)c1. The molecule has 5 N–H and O–H groups in total. The van der Waals surface area contributed by atoms with Crippen molar-refractivity contribution in [3.63, 3.8) is 0 Å². The van der Waals surface area contributed by atoms with E-state index in [0.717, 1.165) is 35.2 Å². The molecule has 0 aliphatic carbocycles. The molecule has 0 aliphatic heterocycles. The van der Waals surface area contributed by atoms with Crippen LogP contribution in [0.25, 0.3) is 0 Å². The molecule has 3 nitrogen and oxygen atoms in total. The van der Waals surface area contributed by atoms with Gasteiger partial charge in [0, 0.05) is 17.7 Å². The smallest absolute Gasteiger partial charge is 0.122 e. The second-order valence-corrected chi connectivity index (χ2v) is 5.86. The van der Waals surface area contributed by atoms with E-state index in [4.69, 9.17) is 16.9 Å². The van der Waals surface area contributed by atoms with E-state index in [0.29, 0.717) is 5.92 Å². The molecule has 0 spiro atoms. The lowest BCUT2D eigenvalue weighted by atomic mass is 9.90. The lowest BCUT2D eigenvalue weighted by Gasteiger charge is -2.15. The highest BCUT2D eigenvalue weighted by Crippen LogP contribution is 2.23. The Balaban J connectivity index is 2.34. The minimum atomic E-state index is 0.112. The van der Waals surface area contributed by atoms with Crippen LogP contribution in [-0.2, 0) is 6.42 Å². The van der Waals surface area contributed by atoms with Crippen LogP contribution in [-0.4, -0.2) is 5.84 Å². The van der Waals surface area contributed by atoms with Crippen LogP contribution in [0.1, 0.15) is 42.5 Å². The van der Waals surface area contributed by atoms with Crippen molar-refractivity contribution >= 4 is 11.5 Å². The number of amidine groups is 1. The van der Waals surface area contributed by atoms with Gasteiger partial charge in [-0.3, -0.25) is 5.41 Å². The summed E-state index contributed by atoms with van der Waals surface area (Å²) in [4.78, 5) is 0. The third kappa shape index (κ3) is 4.10. The van der Waals surface area contributed by atoms with Gasteiger partial charge in [-0.1, -0.05) is 44.5 Å². The highest BCUT2D eigenvalue weighted by atomic mass is 14.7. The minimum absolute atomic E-state index is 0.112. The normalized spacial score (nSPS) is 12.1. The molecule has 1 radical (unpaired) electrons. The van der Waals surface area contributed by atoms with Crippen LogP contribution >= 0.6 is 0 Å². The van der Waals surface area contributed by atoms with E-state index in [9.17, 15) is 0 Å². The van der Waals surface area contributed by atoms with E-state index in [1.54, 1.807) is 0 Å². The van der Waals surface area contributed by atoms with Crippen molar-refractivity contribution in [1.29, 1.82) is 5.41 Å². The molecule has 2 aromatic rings. The van der Waals surface area contributed by atoms with Crippen molar-refractivity contribution in [3.05, 3.63) is 71.1 Å². The molecule has 0 bridgehead atoms. The topological polar surface area (TPSA) is 75.9 Å². The quantitative estimate of drug-likeness (QED) is 0.431. The molecular formula is C19H24N3. The molecule has 1 atom stereocenters. The predicted molar refractivity (Wildman–Crippen MR) is 94.0 cm³/mol. The van der Waals surface area contributed by atoms with Crippen LogP contribution in [0.5, 0.6) is 0 Å². The van der Waals surface area contributed by atoms with E-state index in [1.165, 1.54) is 5.56 Å². The highest BCUT2D eigenvalue weighted by molar-refractivity contribution is 5.95. The number of rotatable bonds is 6. The Labute approximate surface area is 132 Å². The summed E-state index contributed by atoms with van der Waals surface area (Å²) in [5.41, 5.74) is 16.5. The maximum Gasteiger partial charge on any atom is 0.122 e. The first kappa shape index (κ1) is 16.1. The van der Waals surface area contributed by atoms with Crippen molar-refractivity contribution in [2.45, 2.75) is 26.7 Å². The average molecular weight is 294 g/mol. The van der Waals surface area contributed by atoms with Crippen LogP contribution in [0.15, 0.2) is 42.5 Å². The van der Waals surface area contributed by atoms with Crippen molar-refractivity contribution in [3.8, 4) is 0 Å². The van der Waals surface area contributed by atoms with Crippen LogP contribution in [0.2, 0.25) is 0 Å². The Kier molecular flexibility index (Phi) is 5.21. The Hall–Kier alpha value is -2.29. The van der Waals surface area contributed by atoms with Gasteiger partial charge in [0.2, 0.25) is 0 Å². The number of nitrogen functional groups attached to an aromatic ring is 2. The van der Waals surface area contributed by atoms with E-state index in [2.05, 4.69) is 20.3 Å². The molecule has 2 aromatic carbocycles. The highest BCUT2D eigenvalue weighted by Gasteiger charge is 2.10. The monoisotopic (exact) mass is 294 g/mol. The summed E-state index contributed by atoms with van der Waals surface area (Å²) in [5, 5.41) is 7.63. The fourth-order valence-electron chi connectivity index (χ4n) is 2.44. The van der Waals surface area contributed by atoms with Gasteiger partial charge in [0.1, 0.15) is 5.84 Å².